The van der Waals surface area contributed by atoms with Gasteiger partial charge in [0.1, 0.15) is 5.54 Å². The number of aryl methyl sites for hydroxylation is 1. The van der Waals surface area contributed by atoms with E-state index in [1.165, 1.54) is 7.05 Å². The van der Waals surface area contributed by atoms with E-state index in [1.807, 2.05) is 6.07 Å². The Hall–Kier alpha value is -3.21. The van der Waals surface area contributed by atoms with Gasteiger partial charge in [-0.3, -0.25) is 9.59 Å². The van der Waals surface area contributed by atoms with Crippen LogP contribution in [-0.4, -0.2) is 33.8 Å². The molecule has 1 heterocycles. The summed E-state index contributed by atoms with van der Waals surface area (Å²) < 4.78 is 6.07. The third-order valence-electron chi connectivity index (χ3n) is 4.27. The van der Waals surface area contributed by atoms with Gasteiger partial charge in [0.2, 0.25) is 0 Å². The fraction of sp³-hybridized carbons (Fsp3) is 0.389. The number of fused-ring (bicyclic) bond motifs is 1. The predicted molar refractivity (Wildman–Crippen MR) is 94.3 cm³/mol. The summed E-state index contributed by atoms with van der Waals surface area (Å²) in [5.41, 5.74) is -1.45. The van der Waals surface area contributed by atoms with Crippen molar-refractivity contribution in [1.82, 2.24) is 15.1 Å². The lowest BCUT2D eigenvalue weighted by Gasteiger charge is -2.27. The van der Waals surface area contributed by atoms with Crippen molar-refractivity contribution in [1.29, 1.82) is 5.26 Å². The van der Waals surface area contributed by atoms with Crippen molar-refractivity contribution < 1.29 is 14.3 Å². The van der Waals surface area contributed by atoms with Crippen molar-refractivity contribution in [2.45, 2.75) is 26.3 Å². The van der Waals surface area contributed by atoms with E-state index in [-0.39, 0.29) is 17.2 Å². The summed E-state index contributed by atoms with van der Waals surface area (Å²) >= 11 is 0. The Kier molecular flexibility index (Phi) is 5.41. The number of hydrogen-bond donors (Lipinski definition) is 1. The molecule has 0 aliphatic carbocycles. The highest BCUT2D eigenvalue weighted by Gasteiger charge is 2.30. The number of hydrogen-bond acceptors (Lipinski definition) is 6. The van der Waals surface area contributed by atoms with Crippen molar-refractivity contribution in [3.8, 4) is 6.07 Å². The van der Waals surface area contributed by atoms with Crippen LogP contribution in [0.25, 0.3) is 10.8 Å². The van der Waals surface area contributed by atoms with Crippen molar-refractivity contribution in [3.63, 3.8) is 0 Å². The van der Waals surface area contributed by atoms with Gasteiger partial charge in [0.25, 0.3) is 11.5 Å². The first-order chi connectivity index (χ1) is 12.2. The lowest BCUT2D eigenvalue weighted by atomic mass is 9.90. The fourth-order valence-corrected chi connectivity index (χ4v) is 2.28. The first-order valence-corrected chi connectivity index (χ1v) is 8.05. The van der Waals surface area contributed by atoms with E-state index in [2.05, 4.69) is 10.4 Å². The van der Waals surface area contributed by atoms with Crippen molar-refractivity contribution in [2.75, 3.05) is 6.61 Å². The standard InChI is InChI=1S/C18H20N4O4/c1-11(2)18(3,10-19)20-14(23)9-26-17(25)15-12-7-5-6-8-13(12)16(24)22(4)21-15/h5-8,11H,9H2,1-4H3,(H,20,23)/t18-/m1/s1. The largest absolute Gasteiger partial charge is 0.451 e. The molecule has 0 spiro atoms. The molecular formula is C18H20N4O4. The summed E-state index contributed by atoms with van der Waals surface area (Å²) in [6, 6.07) is 8.58. The van der Waals surface area contributed by atoms with Crippen LogP contribution in [0.3, 0.4) is 0 Å². The molecule has 0 aliphatic rings. The van der Waals surface area contributed by atoms with Crippen LogP contribution in [-0.2, 0) is 16.6 Å². The van der Waals surface area contributed by atoms with Gasteiger partial charge in [-0.1, -0.05) is 32.0 Å². The Morgan fingerprint density at radius 3 is 2.54 bits per heavy atom. The lowest BCUT2D eigenvalue weighted by molar-refractivity contribution is -0.125. The number of amides is 1. The average molecular weight is 356 g/mol. The molecule has 0 aliphatic heterocycles. The molecule has 8 nitrogen and oxygen atoms in total. The number of benzene rings is 1. The number of nitriles is 1. The van der Waals surface area contributed by atoms with Crippen LogP contribution in [0.15, 0.2) is 29.1 Å². The van der Waals surface area contributed by atoms with Gasteiger partial charge in [-0.25, -0.2) is 9.48 Å². The highest BCUT2D eigenvalue weighted by molar-refractivity contribution is 6.02. The highest BCUT2D eigenvalue weighted by Crippen LogP contribution is 2.16. The normalized spacial score (nSPS) is 13.1. The average Bonchev–Trinajstić information content (AvgIpc) is 2.62. The zero-order valence-electron chi connectivity index (χ0n) is 15.1. The summed E-state index contributed by atoms with van der Waals surface area (Å²) in [6.07, 6.45) is 0. The number of aromatic nitrogens is 2. The third kappa shape index (κ3) is 3.72. The quantitative estimate of drug-likeness (QED) is 0.804. The first kappa shape index (κ1) is 19.1. The summed E-state index contributed by atoms with van der Waals surface area (Å²) in [4.78, 5) is 36.5. The van der Waals surface area contributed by atoms with E-state index in [4.69, 9.17) is 4.74 Å². The molecule has 1 aromatic carbocycles. The molecule has 2 aromatic rings. The van der Waals surface area contributed by atoms with Crippen LogP contribution < -0.4 is 10.9 Å². The van der Waals surface area contributed by atoms with Gasteiger partial charge in [0, 0.05) is 12.4 Å². The number of nitrogens with zero attached hydrogens (tertiary/aromatic N) is 3. The molecule has 0 radical (unpaired) electrons. The second-order valence-corrected chi connectivity index (χ2v) is 6.42. The van der Waals surface area contributed by atoms with Crippen molar-refractivity contribution >= 4 is 22.6 Å². The SMILES string of the molecule is CC(C)[C@@](C)(C#N)NC(=O)COC(=O)c1nn(C)c(=O)c2ccccc12. The summed E-state index contributed by atoms with van der Waals surface area (Å²) in [5.74, 6) is -1.54. The number of rotatable bonds is 5. The van der Waals surface area contributed by atoms with Gasteiger partial charge in [-0.05, 0) is 18.9 Å². The zero-order chi connectivity index (χ0) is 19.5. The number of esters is 1. The molecule has 1 aromatic heterocycles. The first-order valence-electron chi connectivity index (χ1n) is 8.05. The minimum atomic E-state index is -1.06. The third-order valence-corrected chi connectivity index (χ3v) is 4.27. The molecule has 0 unspecified atom stereocenters. The van der Waals surface area contributed by atoms with Gasteiger partial charge in [-0.15, -0.1) is 0 Å². The Balaban J connectivity index is 2.18. The van der Waals surface area contributed by atoms with E-state index >= 15 is 0 Å². The van der Waals surface area contributed by atoms with Crippen LogP contribution in [0.5, 0.6) is 0 Å². The summed E-state index contributed by atoms with van der Waals surface area (Å²) in [5, 5.41) is 16.4. The zero-order valence-corrected chi connectivity index (χ0v) is 15.1. The van der Waals surface area contributed by atoms with E-state index in [9.17, 15) is 19.6 Å². The number of carbonyl (C=O) groups is 2. The Morgan fingerprint density at radius 2 is 1.96 bits per heavy atom. The molecule has 26 heavy (non-hydrogen) atoms. The molecule has 2 rings (SSSR count). The van der Waals surface area contributed by atoms with Gasteiger partial charge < -0.3 is 10.1 Å². The lowest BCUT2D eigenvalue weighted by Crippen LogP contribution is -2.50. The molecule has 1 amide bonds. The second kappa shape index (κ2) is 7.35. The summed E-state index contributed by atoms with van der Waals surface area (Å²) in [6.45, 7) is 4.65. The maximum atomic E-state index is 12.4. The van der Waals surface area contributed by atoms with Crippen LogP contribution in [0.1, 0.15) is 31.3 Å². The minimum Gasteiger partial charge on any atom is -0.451 e. The van der Waals surface area contributed by atoms with Gasteiger partial charge in [0.05, 0.1) is 11.5 Å². The van der Waals surface area contributed by atoms with E-state index in [1.54, 1.807) is 45.0 Å². The van der Waals surface area contributed by atoms with E-state index in [0.717, 1.165) is 4.68 Å². The number of nitrogens with one attached hydrogen (secondary N) is 1. The molecule has 1 N–H and O–H groups in total. The summed E-state index contributed by atoms with van der Waals surface area (Å²) in [7, 11) is 1.43. The molecule has 1 atom stereocenters. The molecule has 8 heteroatoms. The molecule has 0 saturated heterocycles. The monoisotopic (exact) mass is 356 g/mol. The second-order valence-electron chi connectivity index (χ2n) is 6.42. The maximum absolute atomic E-state index is 12.4. The maximum Gasteiger partial charge on any atom is 0.359 e. The van der Waals surface area contributed by atoms with Gasteiger partial charge >= 0.3 is 5.97 Å². The van der Waals surface area contributed by atoms with Crippen LogP contribution in [0, 0.1) is 17.2 Å². The topological polar surface area (TPSA) is 114 Å². The predicted octanol–water partition coefficient (Wildman–Crippen LogP) is 1.14. The van der Waals surface area contributed by atoms with Crippen molar-refractivity contribution in [3.05, 3.63) is 40.3 Å². The smallest absolute Gasteiger partial charge is 0.359 e. The Labute approximate surface area is 150 Å². The molecule has 0 fully saturated rings. The Morgan fingerprint density at radius 1 is 1.35 bits per heavy atom. The molecule has 0 bridgehead atoms. The molecule has 0 saturated carbocycles. The van der Waals surface area contributed by atoms with Gasteiger partial charge in [0.15, 0.2) is 12.3 Å². The number of carbonyl (C=O) groups excluding carboxylic acids is 2. The molecular weight excluding hydrogens is 336 g/mol. The van der Waals surface area contributed by atoms with E-state index in [0.29, 0.717) is 10.8 Å². The highest BCUT2D eigenvalue weighted by atomic mass is 16.5. The van der Waals surface area contributed by atoms with Crippen LogP contribution in [0.2, 0.25) is 0 Å². The molecule has 136 valence electrons. The fourth-order valence-electron chi connectivity index (χ4n) is 2.28. The van der Waals surface area contributed by atoms with Gasteiger partial charge in [-0.2, -0.15) is 10.4 Å². The minimum absolute atomic E-state index is 0.0533. The van der Waals surface area contributed by atoms with Crippen LogP contribution in [0.4, 0.5) is 0 Å². The number of ether oxygens (including phenoxy) is 1. The van der Waals surface area contributed by atoms with E-state index < -0.39 is 24.0 Å². The van der Waals surface area contributed by atoms with Crippen molar-refractivity contribution in [2.24, 2.45) is 13.0 Å². The Bertz CT molecular complexity index is 958. The van der Waals surface area contributed by atoms with Crippen LogP contribution >= 0.6 is 0 Å².